The summed E-state index contributed by atoms with van der Waals surface area (Å²) in [6, 6.07) is 5.12. The first-order valence-corrected chi connectivity index (χ1v) is 7.94. The van der Waals surface area contributed by atoms with Crippen LogP contribution in [0.5, 0.6) is 0 Å². The molecule has 2 rings (SSSR count). The first-order valence-electron chi connectivity index (χ1n) is 7.06. The highest BCUT2D eigenvalue weighted by atomic mass is 32.1. The summed E-state index contributed by atoms with van der Waals surface area (Å²) in [5.74, 6) is 0. The van der Waals surface area contributed by atoms with Gasteiger partial charge in [-0.1, -0.05) is 12.5 Å². The third-order valence-electron chi connectivity index (χ3n) is 3.56. The van der Waals surface area contributed by atoms with Crippen LogP contribution in [-0.2, 0) is 6.54 Å². The number of hydrogen-bond donors (Lipinski definition) is 1. The Kier molecular flexibility index (Phi) is 4.82. The third kappa shape index (κ3) is 4.38. The molecule has 0 saturated carbocycles. The Morgan fingerprint density at radius 2 is 2.22 bits per heavy atom. The molecule has 1 aromatic heterocycles. The van der Waals surface area contributed by atoms with Crippen molar-refractivity contribution in [3.05, 3.63) is 22.4 Å². The summed E-state index contributed by atoms with van der Waals surface area (Å²) < 4.78 is 0. The molecule has 0 aromatic carbocycles. The lowest BCUT2D eigenvalue weighted by Crippen LogP contribution is -2.49. The van der Waals surface area contributed by atoms with E-state index in [0.29, 0.717) is 6.04 Å². The van der Waals surface area contributed by atoms with Gasteiger partial charge >= 0.3 is 0 Å². The summed E-state index contributed by atoms with van der Waals surface area (Å²) in [7, 11) is 0. The monoisotopic (exact) mass is 266 g/mol. The van der Waals surface area contributed by atoms with E-state index >= 15 is 0 Å². The topological polar surface area (TPSA) is 15.3 Å². The van der Waals surface area contributed by atoms with Crippen molar-refractivity contribution in [2.24, 2.45) is 0 Å². The molecule has 1 aromatic rings. The van der Waals surface area contributed by atoms with Gasteiger partial charge in [0.2, 0.25) is 0 Å². The molecule has 1 saturated heterocycles. The molecule has 1 atom stereocenters. The van der Waals surface area contributed by atoms with Crippen molar-refractivity contribution >= 4 is 11.3 Å². The number of nitrogens with one attached hydrogen (secondary N) is 1. The lowest BCUT2D eigenvalue weighted by atomic mass is 10.0. The van der Waals surface area contributed by atoms with Gasteiger partial charge in [0.05, 0.1) is 0 Å². The van der Waals surface area contributed by atoms with Crippen LogP contribution in [0.1, 0.15) is 44.9 Å². The molecule has 2 nitrogen and oxygen atoms in total. The predicted molar refractivity (Wildman–Crippen MR) is 80.1 cm³/mol. The van der Waals surface area contributed by atoms with Crippen LogP contribution in [0, 0.1) is 0 Å². The third-order valence-corrected chi connectivity index (χ3v) is 4.42. The van der Waals surface area contributed by atoms with Crippen LogP contribution >= 0.6 is 11.3 Å². The van der Waals surface area contributed by atoms with E-state index in [4.69, 9.17) is 0 Å². The fourth-order valence-corrected chi connectivity index (χ4v) is 3.26. The number of rotatable bonds is 4. The molecule has 1 aliphatic rings. The zero-order valence-corrected chi connectivity index (χ0v) is 12.7. The molecule has 2 heterocycles. The molecule has 3 heteroatoms. The van der Waals surface area contributed by atoms with Gasteiger partial charge in [0, 0.05) is 29.5 Å². The lowest BCUT2D eigenvalue weighted by molar-refractivity contribution is 0.132. The van der Waals surface area contributed by atoms with Crippen molar-refractivity contribution in [3.8, 4) is 0 Å². The largest absolute Gasteiger partial charge is 0.311 e. The second kappa shape index (κ2) is 6.18. The summed E-state index contributed by atoms with van der Waals surface area (Å²) in [6.45, 7) is 10.3. The van der Waals surface area contributed by atoms with Crippen LogP contribution in [0.3, 0.4) is 0 Å². The van der Waals surface area contributed by atoms with E-state index in [1.807, 2.05) is 11.3 Å². The maximum absolute atomic E-state index is 3.66. The van der Waals surface area contributed by atoms with Crippen molar-refractivity contribution in [2.75, 3.05) is 13.1 Å². The molecule has 0 bridgehead atoms. The quantitative estimate of drug-likeness (QED) is 0.897. The van der Waals surface area contributed by atoms with Gasteiger partial charge in [0.15, 0.2) is 0 Å². The average Bonchev–Trinajstić information content (AvgIpc) is 2.80. The fraction of sp³-hybridized carbons (Fsp3) is 0.733. The Balaban J connectivity index is 1.89. The summed E-state index contributed by atoms with van der Waals surface area (Å²) >= 11 is 1.88. The van der Waals surface area contributed by atoms with Gasteiger partial charge in [-0.2, -0.15) is 0 Å². The van der Waals surface area contributed by atoms with Crippen LogP contribution in [0.15, 0.2) is 17.5 Å². The molecule has 1 unspecified atom stereocenters. The van der Waals surface area contributed by atoms with Crippen LogP contribution in [0.25, 0.3) is 0 Å². The Labute approximate surface area is 115 Å². The average molecular weight is 266 g/mol. The summed E-state index contributed by atoms with van der Waals surface area (Å²) in [5, 5.41) is 5.85. The Morgan fingerprint density at radius 1 is 1.39 bits per heavy atom. The van der Waals surface area contributed by atoms with Gasteiger partial charge in [0.25, 0.3) is 0 Å². The maximum atomic E-state index is 3.66. The van der Waals surface area contributed by atoms with E-state index in [0.717, 1.165) is 13.1 Å². The Hall–Kier alpha value is -0.380. The minimum atomic E-state index is 0.228. The summed E-state index contributed by atoms with van der Waals surface area (Å²) in [4.78, 5) is 4.16. The maximum Gasteiger partial charge on any atom is 0.0331 e. The number of nitrogens with zero attached hydrogens (tertiary/aromatic N) is 1. The van der Waals surface area contributed by atoms with E-state index in [9.17, 15) is 0 Å². The highest BCUT2D eigenvalue weighted by molar-refractivity contribution is 7.09. The van der Waals surface area contributed by atoms with Gasteiger partial charge in [-0.3, -0.25) is 4.90 Å². The van der Waals surface area contributed by atoms with Gasteiger partial charge in [-0.25, -0.2) is 0 Å². The molecule has 0 aliphatic carbocycles. The molecular weight excluding hydrogens is 240 g/mol. The normalized spacial score (nSPS) is 22.3. The Bertz CT molecular complexity index is 340. The van der Waals surface area contributed by atoms with Crippen LogP contribution < -0.4 is 5.32 Å². The van der Waals surface area contributed by atoms with E-state index in [-0.39, 0.29) is 5.54 Å². The molecule has 102 valence electrons. The minimum Gasteiger partial charge on any atom is -0.311 e. The molecule has 0 radical (unpaired) electrons. The first-order chi connectivity index (χ1) is 8.54. The highest BCUT2D eigenvalue weighted by Gasteiger charge is 2.23. The molecule has 18 heavy (non-hydrogen) atoms. The van der Waals surface area contributed by atoms with Gasteiger partial charge in [-0.15, -0.1) is 11.3 Å². The Morgan fingerprint density at radius 3 is 2.89 bits per heavy atom. The van der Waals surface area contributed by atoms with Crippen LogP contribution in [-0.4, -0.2) is 29.6 Å². The summed E-state index contributed by atoms with van der Waals surface area (Å²) in [6.07, 6.45) is 4.09. The van der Waals surface area contributed by atoms with Crippen molar-refractivity contribution in [3.63, 3.8) is 0 Å². The lowest BCUT2D eigenvalue weighted by Gasteiger charge is -2.37. The second-order valence-corrected chi connectivity index (χ2v) is 7.36. The number of thiophene rings is 1. The zero-order chi connectivity index (χ0) is 13.0. The molecule has 0 spiro atoms. The zero-order valence-electron chi connectivity index (χ0n) is 11.9. The smallest absolute Gasteiger partial charge is 0.0331 e. The van der Waals surface area contributed by atoms with Gasteiger partial charge < -0.3 is 5.32 Å². The van der Waals surface area contributed by atoms with E-state index < -0.39 is 0 Å². The van der Waals surface area contributed by atoms with E-state index in [2.05, 4.69) is 48.5 Å². The van der Waals surface area contributed by atoms with Crippen molar-refractivity contribution < 1.29 is 0 Å². The van der Waals surface area contributed by atoms with Gasteiger partial charge in [0.1, 0.15) is 0 Å². The summed E-state index contributed by atoms with van der Waals surface area (Å²) in [5.41, 5.74) is 0.228. The predicted octanol–water partition coefficient (Wildman–Crippen LogP) is 3.49. The SMILES string of the molecule is CC(C)(C)NCC1CCCCN1Cc1cccs1. The molecular formula is C15H26N2S. The standard InChI is InChI=1S/C15H26N2S/c1-15(2,3)16-11-13-7-4-5-9-17(13)12-14-8-6-10-18-14/h6,8,10,13,16H,4-5,7,9,11-12H2,1-3H3. The van der Waals surface area contributed by atoms with Crippen molar-refractivity contribution in [1.82, 2.24) is 10.2 Å². The first kappa shape index (κ1) is 14.0. The van der Waals surface area contributed by atoms with Crippen molar-refractivity contribution in [1.29, 1.82) is 0 Å². The second-order valence-electron chi connectivity index (χ2n) is 6.33. The number of piperidine rings is 1. The molecule has 0 amide bonds. The fourth-order valence-electron chi connectivity index (χ4n) is 2.53. The van der Waals surface area contributed by atoms with Crippen LogP contribution in [0.2, 0.25) is 0 Å². The molecule has 1 fully saturated rings. The van der Waals surface area contributed by atoms with E-state index in [1.165, 1.54) is 30.7 Å². The molecule has 1 N–H and O–H groups in total. The van der Waals surface area contributed by atoms with Crippen LogP contribution in [0.4, 0.5) is 0 Å². The minimum absolute atomic E-state index is 0.228. The van der Waals surface area contributed by atoms with Crippen molar-refractivity contribution in [2.45, 2.75) is 58.2 Å². The molecule has 1 aliphatic heterocycles. The highest BCUT2D eigenvalue weighted by Crippen LogP contribution is 2.21. The van der Waals surface area contributed by atoms with E-state index in [1.54, 1.807) is 0 Å². The van der Waals surface area contributed by atoms with Gasteiger partial charge in [-0.05, 0) is 51.6 Å². The number of likely N-dealkylation sites (tertiary alicyclic amines) is 1. The number of hydrogen-bond acceptors (Lipinski definition) is 3.